The average Bonchev–Trinajstić information content (AvgIpc) is 2.42. The molecule has 1 aliphatic rings. The zero-order valence-electron chi connectivity index (χ0n) is 12.0. The van der Waals surface area contributed by atoms with Crippen LogP contribution in [0.1, 0.15) is 46.0 Å². The lowest BCUT2D eigenvalue weighted by molar-refractivity contribution is -0.119. The average molecular weight is 263 g/mol. The molecule has 0 heterocycles. The van der Waals surface area contributed by atoms with Crippen LogP contribution in [0.3, 0.4) is 0 Å². The first-order valence-corrected chi connectivity index (χ1v) is 7.01. The minimum atomic E-state index is -0.0439. The summed E-state index contributed by atoms with van der Waals surface area (Å²) < 4.78 is 0. The predicted molar refractivity (Wildman–Crippen MR) is 80.1 cm³/mol. The minimum Gasteiger partial charge on any atom is -0.310 e. The highest BCUT2D eigenvalue weighted by Crippen LogP contribution is 2.16. The maximum Gasteiger partial charge on any atom is 0.239 e. The van der Waals surface area contributed by atoms with Crippen molar-refractivity contribution in [1.82, 2.24) is 10.6 Å². The smallest absolute Gasteiger partial charge is 0.239 e. The molecule has 0 unspecified atom stereocenters. The second-order valence-corrected chi connectivity index (χ2v) is 5.04. The highest BCUT2D eigenvalue weighted by Gasteiger charge is 2.13. The van der Waals surface area contributed by atoms with Crippen LogP contribution in [0, 0.1) is 0 Å². The van der Waals surface area contributed by atoms with E-state index in [9.17, 15) is 4.79 Å². The molecule has 1 aliphatic carbocycles. The molecule has 1 fully saturated rings. The highest BCUT2D eigenvalue weighted by molar-refractivity contribution is 5.81. The standard InChI is InChI=1S/C15H25N3O/c1-4-14(17-10-12(2)3)18-15(19)11-16-13-8-6-5-7-9-13/h4,10,13,16H,2,5-9,11H2,1,3H3,(H,18,19)/b14-4+,17-10-. The number of nitrogens with zero attached hydrogens (tertiary/aromatic N) is 1. The third-order valence-electron chi connectivity index (χ3n) is 3.12. The number of allylic oxidation sites excluding steroid dienone is 2. The normalized spacial score (nSPS) is 17.7. The third kappa shape index (κ3) is 6.91. The van der Waals surface area contributed by atoms with Crippen molar-refractivity contribution in [1.29, 1.82) is 0 Å². The first-order valence-electron chi connectivity index (χ1n) is 7.01. The number of hydrogen-bond donors (Lipinski definition) is 2. The van der Waals surface area contributed by atoms with E-state index in [1.54, 1.807) is 12.3 Å². The molecule has 19 heavy (non-hydrogen) atoms. The van der Waals surface area contributed by atoms with Crippen molar-refractivity contribution < 1.29 is 4.79 Å². The van der Waals surface area contributed by atoms with E-state index < -0.39 is 0 Å². The van der Waals surface area contributed by atoms with Crippen molar-refractivity contribution in [2.24, 2.45) is 4.99 Å². The van der Waals surface area contributed by atoms with Gasteiger partial charge in [0, 0.05) is 12.3 Å². The molecule has 0 aromatic carbocycles. The molecule has 2 N–H and O–H groups in total. The summed E-state index contributed by atoms with van der Waals surface area (Å²) in [5.74, 6) is 0.524. The molecule has 4 nitrogen and oxygen atoms in total. The number of hydrogen-bond acceptors (Lipinski definition) is 3. The van der Waals surface area contributed by atoms with E-state index in [1.165, 1.54) is 32.1 Å². The van der Waals surface area contributed by atoms with Crippen molar-refractivity contribution in [3.05, 3.63) is 24.0 Å². The van der Waals surface area contributed by atoms with E-state index in [0.29, 0.717) is 18.4 Å². The number of carbonyl (C=O) groups is 1. The summed E-state index contributed by atoms with van der Waals surface area (Å²) in [6.07, 6.45) is 9.63. The molecule has 106 valence electrons. The summed E-state index contributed by atoms with van der Waals surface area (Å²) in [6, 6.07) is 0.493. The maximum absolute atomic E-state index is 11.8. The van der Waals surface area contributed by atoms with Gasteiger partial charge in [0.2, 0.25) is 5.91 Å². The molecule has 0 aromatic rings. The Labute approximate surface area is 116 Å². The number of amides is 1. The SMILES string of the molecule is C=C(C)/C=N\C(=C/C)NC(=O)CNC1CCCCC1. The van der Waals surface area contributed by atoms with Gasteiger partial charge in [-0.1, -0.05) is 25.8 Å². The van der Waals surface area contributed by atoms with Crippen LogP contribution in [0.4, 0.5) is 0 Å². The molecule has 1 rings (SSSR count). The quantitative estimate of drug-likeness (QED) is 0.724. The van der Waals surface area contributed by atoms with Gasteiger partial charge in [0.1, 0.15) is 5.82 Å². The molecule has 0 aromatic heterocycles. The lowest BCUT2D eigenvalue weighted by Gasteiger charge is -2.22. The summed E-state index contributed by atoms with van der Waals surface area (Å²) in [6.45, 7) is 7.80. The van der Waals surface area contributed by atoms with Gasteiger partial charge in [-0.25, -0.2) is 4.99 Å². The fourth-order valence-corrected chi connectivity index (χ4v) is 2.09. The summed E-state index contributed by atoms with van der Waals surface area (Å²) >= 11 is 0. The van der Waals surface area contributed by atoms with Crippen molar-refractivity contribution in [3.63, 3.8) is 0 Å². The number of rotatable bonds is 6. The molecule has 1 amide bonds. The fraction of sp³-hybridized carbons (Fsp3) is 0.600. The third-order valence-corrected chi connectivity index (χ3v) is 3.12. The van der Waals surface area contributed by atoms with E-state index in [1.807, 2.05) is 13.8 Å². The fourth-order valence-electron chi connectivity index (χ4n) is 2.09. The van der Waals surface area contributed by atoms with Crippen molar-refractivity contribution in [2.45, 2.75) is 52.0 Å². The molecule has 0 saturated heterocycles. The Bertz CT molecular complexity index is 366. The summed E-state index contributed by atoms with van der Waals surface area (Å²) in [4.78, 5) is 15.9. The van der Waals surface area contributed by atoms with E-state index >= 15 is 0 Å². The van der Waals surface area contributed by atoms with Crippen LogP contribution < -0.4 is 10.6 Å². The van der Waals surface area contributed by atoms with Crippen molar-refractivity contribution >= 4 is 12.1 Å². The van der Waals surface area contributed by atoms with Gasteiger partial charge in [0.15, 0.2) is 0 Å². The topological polar surface area (TPSA) is 53.5 Å². The van der Waals surface area contributed by atoms with Crippen LogP contribution in [-0.4, -0.2) is 24.7 Å². The van der Waals surface area contributed by atoms with Crippen molar-refractivity contribution in [3.8, 4) is 0 Å². The maximum atomic E-state index is 11.8. The Morgan fingerprint density at radius 3 is 2.63 bits per heavy atom. The zero-order valence-corrected chi connectivity index (χ0v) is 12.0. The van der Waals surface area contributed by atoms with Gasteiger partial charge in [-0.05, 0) is 38.3 Å². The lowest BCUT2D eigenvalue weighted by Crippen LogP contribution is -2.39. The van der Waals surface area contributed by atoms with E-state index in [2.05, 4.69) is 22.2 Å². The monoisotopic (exact) mass is 263 g/mol. The molecule has 0 bridgehead atoms. The van der Waals surface area contributed by atoms with Crippen LogP contribution >= 0.6 is 0 Å². The molecule has 0 atom stereocenters. The first kappa shape index (κ1) is 15.6. The van der Waals surface area contributed by atoms with Gasteiger partial charge < -0.3 is 10.6 Å². The summed E-state index contributed by atoms with van der Waals surface area (Å²) in [7, 11) is 0. The highest BCUT2D eigenvalue weighted by atomic mass is 16.2. The Kier molecular flexibility index (Phi) is 7.11. The molecular weight excluding hydrogens is 238 g/mol. The Hall–Kier alpha value is -1.42. The van der Waals surface area contributed by atoms with Crippen LogP contribution in [0.25, 0.3) is 0 Å². The first-order chi connectivity index (χ1) is 9.11. The van der Waals surface area contributed by atoms with Crippen LogP contribution in [0.15, 0.2) is 29.0 Å². The second-order valence-electron chi connectivity index (χ2n) is 5.04. The summed E-state index contributed by atoms with van der Waals surface area (Å²) in [5, 5.41) is 6.09. The van der Waals surface area contributed by atoms with Gasteiger partial charge in [-0.3, -0.25) is 4.79 Å². The molecule has 1 saturated carbocycles. The van der Waals surface area contributed by atoms with Gasteiger partial charge >= 0.3 is 0 Å². The predicted octanol–water partition coefficient (Wildman–Crippen LogP) is 2.53. The van der Waals surface area contributed by atoms with Gasteiger partial charge in [-0.15, -0.1) is 0 Å². The van der Waals surface area contributed by atoms with Crippen LogP contribution in [0.2, 0.25) is 0 Å². The molecule has 0 aliphatic heterocycles. The number of carbonyl (C=O) groups excluding carboxylic acids is 1. The van der Waals surface area contributed by atoms with Crippen molar-refractivity contribution in [2.75, 3.05) is 6.54 Å². The van der Waals surface area contributed by atoms with E-state index in [0.717, 1.165) is 5.57 Å². The van der Waals surface area contributed by atoms with E-state index in [4.69, 9.17) is 0 Å². The molecular formula is C15H25N3O. The summed E-state index contributed by atoms with van der Waals surface area (Å²) in [5.41, 5.74) is 0.855. The molecule has 4 heteroatoms. The Morgan fingerprint density at radius 1 is 1.37 bits per heavy atom. The second kappa shape index (κ2) is 8.64. The van der Waals surface area contributed by atoms with Gasteiger partial charge in [0.25, 0.3) is 0 Å². The minimum absolute atomic E-state index is 0.0439. The number of nitrogens with one attached hydrogen (secondary N) is 2. The van der Waals surface area contributed by atoms with Crippen LogP contribution in [-0.2, 0) is 4.79 Å². The lowest BCUT2D eigenvalue weighted by atomic mass is 9.95. The Balaban J connectivity index is 2.30. The number of aliphatic imine (C=N–C) groups is 1. The zero-order chi connectivity index (χ0) is 14.1. The van der Waals surface area contributed by atoms with E-state index in [-0.39, 0.29) is 5.91 Å². The molecule has 0 radical (unpaired) electrons. The van der Waals surface area contributed by atoms with Gasteiger partial charge in [0.05, 0.1) is 6.54 Å². The van der Waals surface area contributed by atoms with Gasteiger partial charge in [-0.2, -0.15) is 0 Å². The molecule has 0 spiro atoms. The Morgan fingerprint density at radius 2 is 2.05 bits per heavy atom. The largest absolute Gasteiger partial charge is 0.310 e. The van der Waals surface area contributed by atoms with Crippen LogP contribution in [0.5, 0.6) is 0 Å².